The van der Waals surface area contributed by atoms with Gasteiger partial charge in [-0.2, -0.15) is 11.8 Å². The number of hydrogen-bond donors (Lipinski definition) is 1. The minimum Gasteiger partial charge on any atom is -0.310 e. The van der Waals surface area contributed by atoms with E-state index in [4.69, 9.17) is 0 Å². The summed E-state index contributed by atoms with van der Waals surface area (Å²) < 4.78 is 0. The highest BCUT2D eigenvalue weighted by molar-refractivity contribution is 7.99. The van der Waals surface area contributed by atoms with E-state index in [0.717, 1.165) is 18.3 Å². The molecule has 3 nitrogen and oxygen atoms in total. The zero-order chi connectivity index (χ0) is 13.7. The van der Waals surface area contributed by atoms with Crippen LogP contribution in [0.25, 0.3) is 0 Å². The van der Waals surface area contributed by atoms with Crippen molar-refractivity contribution in [2.24, 2.45) is 0 Å². The highest BCUT2D eigenvalue weighted by Crippen LogP contribution is 2.19. The first-order chi connectivity index (χ1) is 9.13. The number of hydrogen-bond acceptors (Lipinski definition) is 4. The van der Waals surface area contributed by atoms with Crippen LogP contribution in [-0.4, -0.2) is 40.0 Å². The van der Waals surface area contributed by atoms with Gasteiger partial charge in [-0.15, -0.1) is 0 Å². The van der Waals surface area contributed by atoms with Crippen LogP contribution < -0.4 is 5.32 Å². The van der Waals surface area contributed by atoms with Crippen LogP contribution in [0.3, 0.4) is 0 Å². The highest BCUT2D eigenvalue weighted by Gasteiger charge is 2.16. The lowest BCUT2D eigenvalue weighted by Gasteiger charge is -2.30. The van der Waals surface area contributed by atoms with Gasteiger partial charge in [-0.25, -0.2) is 0 Å². The predicted octanol–water partition coefficient (Wildman–Crippen LogP) is 2.52. The molecule has 0 saturated carbocycles. The summed E-state index contributed by atoms with van der Waals surface area (Å²) in [4.78, 5) is 7.10. The van der Waals surface area contributed by atoms with Gasteiger partial charge in [0.25, 0.3) is 0 Å². The maximum Gasteiger partial charge on any atom is 0.0544 e. The maximum absolute atomic E-state index is 4.59. The van der Waals surface area contributed by atoms with Crippen molar-refractivity contribution in [2.75, 3.05) is 18.8 Å². The Morgan fingerprint density at radius 2 is 2.32 bits per heavy atom. The van der Waals surface area contributed by atoms with Crippen LogP contribution in [0.1, 0.15) is 32.0 Å². The van der Waals surface area contributed by atoms with Gasteiger partial charge < -0.3 is 5.32 Å². The standard InChI is InChI=1S/C15H25N3S/c1-12(2)16-8-14-4-5-15(17-9-14)11-18-6-7-19-13(3)10-18/h4-5,9,12-13,16H,6-8,10-11H2,1-3H3. The summed E-state index contributed by atoms with van der Waals surface area (Å²) >= 11 is 2.07. The van der Waals surface area contributed by atoms with E-state index in [-0.39, 0.29) is 0 Å². The summed E-state index contributed by atoms with van der Waals surface area (Å²) in [5, 5.41) is 4.17. The molecule has 0 bridgehead atoms. The van der Waals surface area contributed by atoms with E-state index in [1.165, 1.54) is 30.1 Å². The Morgan fingerprint density at radius 3 is 2.95 bits per heavy atom. The van der Waals surface area contributed by atoms with Gasteiger partial charge in [0.15, 0.2) is 0 Å². The molecular weight excluding hydrogens is 254 g/mol. The zero-order valence-corrected chi connectivity index (χ0v) is 13.0. The number of nitrogens with zero attached hydrogens (tertiary/aromatic N) is 2. The van der Waals surface area contributed by atoms with Crippen LogP contribution >= 0.6 is 11.8 Å². The molecule has 0 aromatic carbocycles. The Balaban J connectivity index is 1.84. The first kappa shape index (κ1) is 14.8. The van der Waals surface area contributed by atoms with E-state index in [1.807, 2.05) is 6.20 Å². The molecule has 19 heavy (non-hydrogen) atoms. The quantitative estimate of drug-likeness (QED) is 0.896. The first-order valence-corrected chi connectivity index (χ1v) is 8.19. The molecule has 106 valence electrons. The average Bonchev–Trinajstić information content (AvgIpc) is 2.38. The van der Waals surface area contributed by atoms with Crippen LogP contribution in [0.2, 0.25) is 0 Å². The van der Waals surface area contributed by atoms with Crippen molar-refractivity contribution in [1.29, 1.82) is 0 Å². The van der Waals surface area contributed by atoms with E-state index >= 15 is 0 Å². The van der Waals surface area contributed by atoms with Crippen LogP contribution in [0.15, 0.2) is 18.3 Å². The highest BCUT2D eigenvalue weighted by atomic mass is 32.2. The summed E-state index contributed by atoms with van der Waals surface area (Å²) in [7, 11) is 0. The molecule has 1 aromatic heterocycles. The van der Waals surface area contributed by atoms with Crippen LogP contribution in [0.4, 0.5) is 0 Å². The van der Waals surface area contributed by atoms with Crippen LogP contribution in [-0.2, 0) is 13.1 Å². The molecule has 1 aromatic rings. The van der Waals surface area contributed by atoms with Gasteiger partial charge >= 0.3 is 0 Å². The molecule has 0 amide bonds. The summed E-state index contributed by atoms with van der Waals surface area (Å²) in [5.41, 5.74) is 2.45. The van der Waals surface area contributed by atoms with Gasteiger partial charge in [0.05, 0.1) is 5.69 Å². The van der Waals surface area contributed by atoms with Crippen molar-refractivity contribution < 1.29 is 0 Å². The Morgan fingerprint density at radius 1 is 1.47 bits per heavy atom. The molecule has 2 heterocycles. The van der Waals surface area contributed by atoms with Crippen molar-refractivity contribution in [3.63, 3.8) is 0 Å². The first-order valence-electron chi connectivity index (χ1n) is 7.14. The minimum absolute atomic E-state index is 0.520. The monoisotopic (exact) mass is 279 g/mol. The zero-order valence-electron chi connectivity index (χ0n) is 12.2. The fourth-order valence-corrected chi connectivity index (χ4v) is 3.32. The van der Waals surface area contributed by atoms with E-state index in [2.05, 4.69) is 59.9 Å². The summed E-state index contributed by atoms with van der Waals surface area (Å²) in [6.45, 7) is 10.9. The maximum atomic E-state index is 4.59. The molecule has 1 aliphatic rings. The van der Waals surface area contributed by atoms with Gasteiger partial charge in [0, 0.05) is 49.4 Å². The second-order valence-corrected chi connectivity index (χ2v) is 7.16. The molecule has 0 aliphatic carbocycles. The number of pyridine rings is 1. The lowest BCUT2D eigenvalue weighted by atomic mass is 10.2. The molecule has 0 spiro atoms. The largest absolute Gasteiger partial charge is 0.310 e. The molecule has 1 aliphatic heterocycles. The second kappa shape index (κ2) is 7.27. The Kier molecular flexibility index (Phi) is 5.67. The molecule has 4 heteroatoms. The van der Waals surface area contributed by atoms with E-state index in [9.17, 15) is 0 Å². The Hall–Kier alpha value is -0.580. The Labute approximate surface area is 121 Å². The van der Waals surface area contributed by atoms with Gasteiger partial charge in [-0.05, 0) is 11.6 Å². The topological polar surface area (TPSA) is 28.2 Å². The number of nitrogens with one attached hydrogen (secondary N) is 1. The normalized spacial score (nSPS) is 20.9. The average molecular weight is 279 g/mol. The van der Waals surface area contributed by atoms with Gasteiger partial charge in [-0.3, -0.25) is 9.88 Å². The lowest BCUT2D eigenvalue weighted by Crippen LogP contribution is -2.36. The van der Waals surface area contributed by atoms with E-state index in [0.29, 0.717) is 6.04 Å². The smallest absolute Gasteiger partial charge is 0.0544 e. The Bertz CT molecular complexity index is 377. The van der Waals surface area contributed by atoms with Crippen LogP contribution in [0, 0.1) is 0 Å². The number of aromatic nitrogens is 1. The minimum atomic E-state index is 0.520. The van der Waals surface area contributed by atoms with E-state index in [1.54, 1.807) is 0 Å². The third kappa shape index (κ3) is 5.13. The molecule has 0 radical (unpaired) electrons. The molecular formula is C15H25N3S. The molecule has 1 atom stereocenters. The fourth-order valence-electron chi connectivity index (χ4n) is 2.24. The van der Waals surface area contributed by atoms with Crippen molar-refractivity contribution in [1.82, 2.24) is 15.2 Å². The van der Waals surface area contributed by atoms with Gasteiger partial charge in [0.2, 0.25) is 0 Å². The van der Waals surface area contributed by atoms with Gasteiger partial charge in [0.1, 0.15) is 0 Å². The lowest BCUT2D eigenvalue weighted by molar-refractivity contribution is 0.275. The van der Waals surface area contributed by atoms with Crippen molar-refractivity contribution >= 4 is 11.8 Å². The third-order valence-electron chi connectivity index (χ3n) is 3.31. The van der Waals surface area contributed by atoms with Crippen LogP contribution in [0.5, 0.6) is 0 Å². The molecule has 1 saturated heterocycles. The van der Waals surface area contributed by atoms with Crippen molar-refractivity contribution in [3.05, 3.63) is 29.6 Å². The molecule has 1 N–H and O–H groups in total. The number of thioether (sulfide) groups is 1. The summed E-state index contributed by atoms with van der Waals surface area (Å²) in [6.07, 6.45) is 2.01. The third-order valence-corrected chi connectivity index (χ3v) is 4.45. The molecule has 1 fully saturated rings. The van der Waals surface area contributed by atoms with Crippen molar-refractivity contribution in [3.8, 4) is 0 Å². The summed E-state index contributed by atoms with van der Waals surface area (Å²) in [6, 6.07) is 4.89. The van der Waals surface area contributed by atoms with E-state index < -0.39 is 0 Å². The number of rotatable bonds is 5. The van der Waals surface area contributed by atoms with Crippen molar-refractivity contribution in [2.45, 2.75) is 45.2 Å². The molecule has 1 unspecified atom stereocenters. The molecule has 2 rings (SSSR count). The second-order valence-electron chi connectivity index (χ2n) is 5.61. The van der Waals surface area contributed by atoms with Gasteiger partial charge in [-0.1, -0.05) is 26.8 Å². The predicted molar refractivity (Wildman–Crippen MR) is 83.4 cm³/mol. The fraction of sp³-hybridized carbons (Fsp3) is 0.667. The SMILES string of the molecule is CC(C)NCc1ccc(CN2CCSC(C)C2)nc1. The summed E-state index contributed by atoms with van der Waals surface area (Å²) in [5.74, 6) is 1.25.